The zero-order chi connectivity index (χ0) is 15.0. The molecule has 0 saturated carbocycles. The summed E-state index contributed by atoms with van der Waals surface area (Å²) in [5.41, 5.74) is 0.384. The summed E-state index contributed by atoms with van der Waals surface area (Å²) in [5, 5.41) is 8.92. The van der Waals surface area contributed by atoms with Gasteiger partial charge in [-0.2, -0.15) is 18.3 Å². The van der Waals surface area contributed by atoms with Crippen molar-refractivity contribution < 1.29 is 22.7 Å². The second kappa shape index (κ2) is 7.73. The first-order valence-electron chi connectivity index (χ1n) is 6.12. The van der Waals surface area contributed by atoms with Gasteiger partial charge in [-0.25, -0.2) is 9.48 Å². The number of ether oxygens (including phenoxy) is 1. The number of hydrogen-bond acceptors (Lipinski definition) is 3. The Morgan fingerprint density at radius 2 is 2.25 bits per heavy atom. The van der Waals surface area contributed by atoms with Crippen LogP contribution in [0.15, 0.2) is 12.4 Å². The van der Waals surface area contributed by atoms with Crippen LogP contribution in [0.3, 0.4) is 0 Å². The molecule has 0 bridgehead atoms. The molecule has 2 N–H and O–H groups in total. The molecule has 1 aromatic rings. The lowest BCUT2D eigenvalue weighted by molar-refractivity contribution is -0.182. The van der Waals surface area contributed by atoms with Crippen LogP contribution in [-0.4, -0.2) is 35.1 Å². The van der Waals surface area contributed by atoms with Gasteiger partial charge in [0.15, 0.2) is 0 Å². The molecule has 1 rings (SSSR count). The highest BCUT2D eigenvalue weighted by Gasteiger charge is 2.27. The minimum atomic E-state index is -4.37. The monoisotopic (exact) mass is 294 g/mol. The van der Waals surface area contributed by atoms with E-state index in [1.807, 2.05) is 6.92 Å². The molecular formula is C11H17F3N4O2. The average molecular weight is 294 g/mol. The Bertz CT molecular complexity index is 420. The maximum atomic E-state index is 11.9. The molecule has 20 heavy (non-hydrogen) atoms. The second-order valence-corrected chi connectivity index (χ2v) is 4.10. The molecule has 2 amide bonds. The Morgan fingerprint density at radius 1 is 1.50 bits per heavy atom. The highest BCUT2D eigenvalue weighted by Crippen LogP contribution is 2.14. The van der Waals surface area contributed by atoms with Gasteiger partial charge >= 0.3 is 12.2 Å². The summed E-state index contributed by atoms with van der Waals surface area (Å²) in [7, 11) is 0. The van der Waals surface area contributed by atoms with Gasteiger partial charge in [0.25, 0.3) is 0 Å². The van der Waals surface area contributed by atoms with Gasteiger partial charge < -0.3 is 15.4 Å². The fraction of sp³-hybridized carbons (Fsp3) is 0.636. The number of rotatable bonds is 7. The van der Waals surface area contributed by atoms with Crippen LogP contribution < -0.4 is 10.6 Å². The highest BCUT2D eigenvalue weighted by molar-refractivity contribution is 5.88. The number of nitrogens with one attached hydrogen (secondary N) is 2. The number of alkyl halides is 3. The summed E-state index contributed by atoms with van der Waals surface area (Å²) in [6.45, 7) is 0.890. The number of hydrogen-bond donors (Lipinski definition) is 2. The van der Waals surface area contributed by atoms with E-state index in [4.69, 9.17) is 0 Å². The number of anilines is 1. The molecule has 0 aliphatic heterocycles. The average Bonchev–Trinajstić information content (AvgIpc) is 2.75. The van der Waals surface area contributed by atoms with Crippen molar-refractivity contribution in [3.63, 3.8) is 0 Å². The SMILES string of the molecule is CCCCNC(=O)Nc1cnn(COCC(F)(F)F)c1. The van der Waals surface area contributed by atoms with Gasteiger partial charge in [0.2, 0.25) is 0 Å². The van der Waals surface area contributed by atoms with E-state index < -0.39 is 12.8 Å². The first kappa shape index (κ1) is 16.3. The molecule has 1 heterocycles. The van der Waals surface area contributed by atoms with Gasteiger partial charge in [0.1, 0.15) is 13.3 Å². The number of halogens is 3. The summed E-state index contributed by atoms with van der Waals surface area (Å²) in [6.07, 6.45) is 0.187. The van der Waals surface area contributed by atoms with Crippen LogP contribution in [0.1, 0.15) is 19.8 Å². The highest BCUT2D eigenvalue weighted by atomic mass is 19.4. The number of carbonyl (C=O) groups excluding carboxylic acids is 1. The summed E-state index contributed by atoms with van der Waals surface area (Å²) >= 11 is 0. The van der Waals surface area contributed by atoms with Gasteiger partial charge in [0.05, 0.1) is 18.1 Å². The van der Waals surface area contributed by atoms with Crippen molar-refractivity contribution in [1.29, 1.82) is 0 Å². The van der Waals surface area contributed by atoms with Gasteiger partial charge in [0, 0.05) is 6.54 Å². The largest absolute Gasteiger partial charge is 0.411 e. The Morgan fingerprint density at radius 3 is 2.90 bits per heavy atom. The summed E-state index contributed by atoms with van der Waals surface area (Å²) in [6, 6.07) is -0.380. The standard InChI is InChI=1S/C11H17F3N4O2/c1-2-3-4-15-10(19)17-9-5-16-18(6-9)8-20-7-11(12,13)14/h5-6H,2-4,7-8H2,1H3,(H2,15,17,19). The molecule has 1 aromatic heterocycles. The van der Waals surface area contributed by atoms with Crippen molar-refractivity contribution in [3.8, 4) is 0 Å². The molecule has 0 unspecified atom stereocenters. The molecule has 0 aromatic carbocycles. The van der Waals surface area contributed by atoms with E-state index in [-0.39, 0.29) is 12.8 Å². The predicted octanol–water partition coefficient (Wildman–Crippen LogP) is 2.34. The number of carbonyl (C=O) groups is 1. The normalized spacial score (nSPS) is 11.4. The van der Waals surface area contributed by atoms with Crippen molar-refractivity contribution >= 4 is 11.7 Å². The molecule has 9 heteroatoms. The number of aromatic nitrogens is 2. The Balaban J connectivity index is 2.30. The Hall–Kier alpha value is -1.77. The zero-order valence-electron chi connectivity index (χ0n) is 11.0. The predicted molar refractivity (Wildman–Crippen MR) is 66.2 cm³/mol. The van der Waals surface area contributed by atoms with E-state index in [2.05, 4.69) is 20.5 Å². The van der Waals surface area contributed by atoms with Crippen molar-refractivity contribution in [2.24, 2.45) is 0 Å². The third-order valence-electron chi connectivity index (χ3n) is 2.20. The molecule has 0 atom stereocenters. The topological polar surface area (TPSA) is 68.2 Å². The van der Waals surface area contributed by atoms with Crippen molar-refractivity contribution in [1.82, 2.24) is 15.1 Å². The van der Waals surface area contributed by atoms with Crippen LogP contribution in [0, 0.1) is 0 Å². The fourth-order valence-corrected chi connectivity index (χ4v) is 1.31. The van der Waals surface area contributed by atoms with E-state index in [0.717, 1.165) is 17.5 Å². The minimum Gasteiger partial charge on any atom is -0.350 e. The molecule has 0 aliphatic rings. The zero-order valence-corrected chi connectivity index (χ0v) is 11.0. The van der Waals surface area contributed by atoms with E-state index in [1.54, 1.807) is 0 Å². The van der Waals surface area contributed by atoms with Crippen LogP contribution in [-0.2, 0) is 11.5 Å². The molecule has 114 valence electrons. The van der Waals surface area contributed by atoms with Gasteiger partial charge in [-0.1, -0.05) is 13.3 Å². The molecule has 0 aliphatic carbocycles. The van der Waals surface area contributed by atoms with E-state index in [9.17, 15) is 18.0 Å². The smallest absolute Gasteiger partial charge is 0.350 e. The molecule has 0 spiro atoms. The lowest BCUT2D eigenvalue weighted by atomic mass is 10.3. The van der Waals surface area contributed by atoms with Gasteiger partial charge in [-0.05, 0) is 6.42 Å². The van der Waals surface area contributed by atoms with Crippen LogP contribution >= 0.6 is 0 Å². The fourth-order valence-electron chi connectivity index (χ4n) is 1.31. The Labute approximate surface area is 114 Å². The number of unbranched alkanes of at least 4 members (excludes halogenated alkanes) is 1. The quantitative estimate of drug-likeness (QED) is 0.758. The van der Waals surface area contributed by atoms with Crippen molar-refractivity contribution in [3.05, 3.63) is 12.4 Å². The first-order valence-corrected chi connectivity index (χ1v) is 6.12. The maximum absolute atomic E-state index is 11.9. The van der Waals surface area contributed by atoms with Crippen LogP contribution in [0.25, 0.3) is 0 Å². The summed E-state index contributed by atoms with van der Waals surface area (Å²) < 4.78 is 41.2. The molecule has 0 radical (unpaired) electrons. The van der Waals surface area contributed by atoms with Gasteiger partial charge in [-0.15, -0.1) is 0 Å². The number of nitrogens with zero attached hydrogens (tertiary/aromatic N) is 2. The van der Waals surface area contributed by atoms with E-state index in [0.29, 0.717) is 12.2 Å². The van der Waals surface area contributed by atoms with Crippen molar-refractivity contribution in [2.75, 3.05) is 18.5 Å². The first-order chi connectivity index (χ1) is 9.40. The van der Waals surface area contributed by atoms with Crippen molar-refractivity contribution in [2.45, 2.75) is 32.7 Å². The Kier molecular flexibility index (Phi) is 6.29. The maximum Gasteiger partial charge on any atom is 0.411 e. The summed E-state index contributed by atoms with van der Waals surface area (Å²) in [5.74, 6) is 0. The van der Waals surface area contributed by atoms with Crippen LogP contribution in [0.2, 0.25) is 0 Å². The van der Waals surface area contributed by atoms with E-state index in [1.165, 1.54) is 12.4 Å². The molecular weight excluding hydrogens is 277 g/mol. The lowest BCUT2D eigenvalue weighted by Crippen LogP contribution is -2.29. The third kappa shape index (κ3) is 6.98. The third-order valence-corrected chi connectivity index (χ3v) is 2.20. The molecule has 0 fully saturated rings. The number of amides is 2. The molecule has 6 nitrogen and oxygen atoms in total. The van der Waals surface area contributed by atoms with Crippen LogP contribution in [0.4, 0.5) is 23.7 Å². The molecule has 0 saturated heterocycles. The number of urea groups is 1. The minimum absolute atomic E-state index is 0.335. The van der Waals surface area contributed by atoms with Crippen LogP contribution in [0.5, 0.6) is 0 Å². The summed E-state index contributed by atoms with van der Waals surface area (Å²) in [4.78, 5) is 11.4. The lowest BCUT2D eigenvalue weighted by Gasteiger charge is -2.07. The van der Waals surface area contributed by atoms with E-state index >= 15 is 0 Å². The van der Waals surface area contributed by atoms with Gasteiger partial charge in [-0.3, -0.25) is 0 Å². The second-order valence-electron chi connectivity index (χ2n) is 4.10.